The van der Waals surface area contributed by atoms with Crippen molar-refractivity contribution < 1.29 is 0 Å². The summed E-state index contributed by atoms with van der Waals surface area (Å²) in [5.74, 6) is 1.35. The van der Waals surface area contributed by atoms with E-state index in [4.69, 9.17) is 0 Å². The molecule has 0 spiro atoms. The number of H-pyrrole nitrogens is 1. The van der Waals surface area contributed by atoms with Crippen LogP contribution in [0.1, 0.15) is 12.8 Å². The maximum absolute atomic E-state index is 4.42. The summed E-state index contributed by atoms with van der Waals surface area (Å²) in [6.07, 6.45) is 9.37. The largest absolute Gasteiger partial charge is 0.368 e. The Balaban J connectivity index is 1.56. The Kier molecular flexibility index (Phi) is 3.95. The number of imidazole rings is 2. The number of hydrogen-bond acceptors (Lipinski definition) is 6. The van der Waals surface area contributed by atoms with E-state index < -0.39 is 0 Å². The molecule has 0 aromatic carbocycles. The van der Waals surface area contributed by atoms with Crippen LogP contribution in [-0.2, 0) is 6.54 Å². The Morgan fingerprint density at radius 3 is 3.05 bits per heavy atom. The molecule has 0 amide bonds. The van der Waals surface area contributed by atoms with Gasteiger partial charge in [-0.2, -0.15) is 9.97 Å². The van der Waals surface area contributed by atoms with Crippen LogP contribution in [0.2, 0.25) is 0 Å². The molecule has 0 fully saturated rings. The van der Waals surface area contributed by atoms with Crippen LogP contribution in [0.15, 0.2) is 25.0 Å². The second-order valence-corrected chi connectivity index (χ2v) is 4.68. The number of hydrogen-bond donors (Lipinski definition) is 3. The summed E-state index contributed by atoms with van der Waals surface area (Å²) < 4.78 is 2.08. The van der Waals surface area contributed by atoms with Gasteiger partial charge in [0.15, 0.2) is 11.5 Å². The summed E-state index contributed by atoms with van der Waals surface area (Å²) in [4.78, 5) is 20.0. The Morgan fingerprint density at radius 1 is 1.29 bits per heavy atom. The Hall–Kier alpha value is -2.64. The first kappa shape index (κ1) is 13.3. The lowest BCUT2D eigenvalue weighted by Gasteiger charge is -2.08. The minimum absolute atomic E-state index is 0.565. The van der Waals surface area contributed by atoms with Crippen molar-refractivity contribution >= 4 is 22.9 Å². The number of rotatable bonds is 7. The average Bonchev–Trinajstić information content (AvgIpc) is 3.17. The van der Waals surface area contributed by atoms with Crippen molar-refractivity contribution in [3.8, 4) is 0 Å². The zero-order chi connectivity index (χ0) is 14.5. The van der Waals surface area contributed by atoms with Crippen molar-refractivity contribution in [1.82, 2.24) is 29.5 Å². The van der Waals surface area contributed by atoms with Crippen molar-refractivity contribution in [2.45, 2.75) is 19.4 Å². The highest BCUT2D eigenvalue weighted by Gasteiger charge is 2.08. The lowest BCUT2D eigenvalue weighted by molar-refractivity contribution is 0.621. The zero-order valence-electron chi connectivity index (χ0n) is 11.9. The van der Waals surface area contributed by atoms with Gasteiger partial charge in [0.2, 0.25) is 5.95 Å². The normalized spacial score (nSPS) is 10.9. The van der Waals surface area contributed by atoms with E-state index in [-0.39, 0.29) is 0 Å². The molecule has 0 aliphatic rings. The summed E-state index contributed by atoms with van der Waals surface area (Å²) >= 11 is 0. The number of aromatic nitrogens is 6. The second-order valence-electron chi connectivity index (χ2n) is 4.68. The Bertz CT molecular complexity index is 687. The van der Waals surface area contributed by atoms with Gasteiger partial charge in [0.25, 0.3) is 0 Å². The molecule has 0 aliphatic heterocycles. The molecule has 0 unspecified atom stereocenters. The van der Waals surface area contributed by atoms with Gasteiger partial charge in [-0.3, -0.25) is 0 Å². The first-order chi connectivity index (χ1) is 10.4. The van der Waals surface area contributed by atoms with Crippen molar-refractivity contribution in [3.05, 3.63) is 25.0 Å². The monoisotopic (exact) mass is 286 g/mol. The molecule has 3 aromatic rings. The van der Waals surface area contributed by atoms with E-state index in [0.717, 1.165) is 37.3 Å². The fourth-order valence-corrected chi connectivity index (χ4v) is 2.12. The molecule has 0 radical (unpaired) electrons. The lowest BCUT2D eigenvalue weighted by atomic mass is 10.3. The van der Waals surface area contributed by atoms with Gasteiger partial charge >= 0.3 is 0 Å². The maximum Gasteiger partial charge on any atom is 0.226 e. The zero-order valence-corrected chi connectivity index (χ0v) is 11.9. The molecule has 3 heterocycles. The molecular weight excluding hydrogens is 268 g/mol. The summed E-state index contributed by atoms with van der Waals surface area (Å²) in [6.45, 7) is 1.83. The van der Waals surface area contributed by atoms with E-state index in [1.54, 1.807) is 19.6 Å². The molecule has 0 saturated heterocycles. The third-order valence-corrected chi connectivity index (χ3v) is 3.20. The van der Waals surface area contributed by atoms with Crippen molar-refractivity contribution in [1.29, 1.82) is 0 Å². The smallest absolute Gasteiger partial charge is 0.226 e. The molecule has 0 saturated carbocycles. The SMILES string of the molecule is CNc1nc(NCCCCn2ccnc2)c2[nH]cnc2n1. The van der Waals surface area contributed by atoms with Crippen LogP contribution in [0.3, 0.4) is 0 Å². The first-order valence-electron chi connectivity index (χ1n) is 6.95. The summed E-state index contributed by atoms with van der Waals surface area (Å²) in [5, 5.41) is 6.28. The van der Waals surface area contributed by atoms with Crippen LogP contribution in [0, 0.1) is 0 Å². The van der Waals surface area contributed by atoms with Gasteiger partial charge in [0, 0.05) is 32.5 Å². The molecule has 3 N–H and O–H groups in total. The van der Waals surface area contributed by atoms with Crippen molar-refractivity contribution in [2.75, 3.05) is 24.2 Å². The predicted molar refractivity (Wildman–Crippen MR) is 81.2 cm³/mol. The third-order valence-electron chi connectivity index (χ3n) is 3.20. The number of nitrogens with one attached hydrogen (secondary N) is 3. The number of aromatic amines is 1. The standard InChI is InChI=1S/C13H18N8/c1-14-13-19-11(10-12(20-13)18-8-17-10)16-4-2-3-6-21-7-5-15-9-21/h5,7-9H,2-4,6H2,1H3,(H3,14,16,17,18,19,20). The number of unbranched alkanes of at least 4 members (excludes halogenated alkanes) is 1. The Labute approximate surface area is 122 Å². The number of anilines is 2. The molecule has 8 heteroatoms. The maximum atomic E-state index is 4.42. The molecule has 3 rings (SSSR count). The highest BCUT2D eigenvalue weighted by Crippen LogP contribution is 2.18. The summed E-state index contributed by atoms with van der Waals surface area (Å²) in [6, 6.07) is 0. The Morgan fingerprint density at radius 2 is 2.24 bits per heavy atom. The summed E-state index contributed by atoms with van der Waals surface area (Å²) in [7, 11) is 1.79. The van der Waals surface area contributed by atoms with E-state index >= 15 is 0 Å². The van der Waals surface area contributed by atoms with Crippen molar-refractivity contribution in [3.63, 3.8) is 0 Å². The van der Waals surface area contributed by atoms with Crippen LogP contribution in [-0.4, -0.2) is 43.1 Å². The van der Waals surface area contributed by atoms with Gasteiger partial charge in [-0.1, -0.05) is 0 Å². The van der Waals surface area contributed by atoms with Gasteiger partial charge in [-0.15, -0.1) is 0 Å². The fourth-order valence-electron chi connectivity index (χ4n) is 2.12. The van der Waals surface area contributed by atoms with Crippen LogP contribution in [0.25, 0.3) is 11.2 Å². The molecular formula is C13H18N8. The quantitative estimate of drug-likeness (QED) is 0.569. The average molecular weight is 286 g/mol. The fraction of sp³-hybridized carbons (Fsp3) is 0.385. The van der Waals surface area contributed by atoms with Gasteiger partial charge in [-0.05, 0) is 12.8 Å². The van der Waals surface area contributed by atoms with E-state index in [0.29, 0.717) is 11.6 Å². The molecule has 0 aliphatic carbocycles. The van der Waals surface area contributed by atoms with Crippen LogP contribution in [0.5, 0.6) is 0 Å². The van der Waals surface area contributed by atoms with Gasteiger partial charge < -0.3 is 20.2 Å². The van der Waals surface area contributed by atoms with E-state index in [2.05, 4.69) is 40.1 Å². The van der Waals surface area contributed by atoms with E-state index in [1.807, 2.05) is 12.5 Å². The number of nitrogens with zero attached hydrogens (tertiary/aromatic N) is 5. The molecule has 3 aromatic heterocycles. The minimum Gasteiger partial charge on any atom is -0.368 e. The van der Waals surface area contributed by atoms with E-state index in [1.165, 1.54) is 0 Å². The third kappa shape index (κ3) is 3.10. The van der Waals surface area contributed by atoms with Crippen molar-refractivity contribution in [2.24, 2.45) is 0 Å². The highest BCUT2D eigenvalue weighted by atomic mass is 15.2. The van der Waals surface area contributed by atoms with Gasteiger partial charge in [0.1, 0.15) is 5.52 Å². The lowest BCUT2D eigenvalue weighted by Crippen LogP contribution is -2.08. The van der Waals surface area contributed by atoms with Crippen LogP contribution >= 0.6 is 0 Å². The molecule has 8 nitrogen and oxygen atoms in total. The highest BCUT2D eigenvalue weighted by molar-refractivity contribution is 5.83. The molecule has 21 heavy (non-hydrogen) atoms. The van der Waals surface area contributed by atoms with Crippen LogP contribution < -0.4 is 10.6 Å². The minimum atomic E-state index is 0.565. The van der Waals surface area contributed by atoms with Crippen LogP contribution in [0.4, 0.5) is 11.8 Å². The topological polar surface area (TPSA) is 96.3 Å². The predicted octanol–water partition coefficient (Wildman–Crippen LogP) is 1.48. The molecule has 110 valence electrons. The van der Waals surface area contributed by atoms with Gasteiger partial charge in [0.05, 0.1) is 12.7 Å². The second kappa shape index (κ2) is 6.21. The molecule has 0 bridgehead atoms. The molecule has 0 atom stereocenters. The van der Waals surface area contributed by atoms with E-state index in [9.17, 15) is 0 Å². The summed E-state index contributed by atoms with van der Waals surface area (Å²) in [5.41, 5.74) is 1.50. The number of aryl methyl sites for hydroxylation is 1. The number of fused-ring (bicyclic) bond motifs is 1. The first-order valence-corrected chi connectivity index (χ1v) is 6.95. The van der Waals surface area contributed by atoms with Gasteiger partial charge in [-0.25, -0.2) is 9.97 Å².